The highest BCUT2D eigenvalue weighted by atomic mass is 16.5. The van der Waals surface area contributed by atoms with Crippen molar-refractivity contribution in [3.05, 3.63) is 202 Å². The Kier molecular flexibility index (Phi) is 11.7. The van der Waals surface area contributed by atoms with Crippen LogP contribution in [-0.2, 0) is 6.42 Å². The van der Waals surface area contributed by atoms with Gasteiger partial charge < -0.3 is 9.47 Å². The Bertz CT molecular complexity index is 2110. The minimum atomic E-state index is -0.551. The number of hydrazone groups is 2. The highest BCUT2D eigenvalue weighted by Crippen LogP contribution is 2.25. The molecule has 0 aliphatic heterocycles. The van der Waals surface area contributed by atoms with Gasteiger partial charge in [0.05, 0.1) is 23.6 Å². The van der Waals surface area contributed by atoms with E-state index in [9.17, 15) is 19.2 Å². The highest BCUT2D eigenvalue weighted by Gasteiger charge is 2.15. The van der Waals surface area contributed by atoms with Crippen molar-refractivity contribution in [3.63, 3.8) is 0 Å². The summed E-state index contributed by atoms with van der Waals surface area (Å²) in [5, 5.41) is 8.28. The first-order chi connectivity index (χ1) is 25.9. The lowest BCUT2D eigenvalue weighted by Gasteiger charge is -2.12. The fraction of sp³-hybridized carbons (Fsp3) is 0.0233. The number of amides is 2. The summed E-state index contributed by atoms with van der Waals surface area (Å²) < 4.78 is 11.5. The zero-order valence-electron chi connectivity index (χ0n) is 28.2. The molecule has 0 heterocycles. The van der Waals surface area contributed by atoms with Gasteiger partial charge in [-0.3, -0.25) is 9.59 Å². The number of carbonyl (C=O) groups excluding carboxylic acids is 4. The predicted molar refractivity (Wildman–Crippen MR) is 201 cm³/mol. The molecular weight excluding hydrogens is 668 g/mol. The van der Waals surface area contributed by atoms with E-state index in [-0.39, 0.29) is 11.5 Å². The number of nitrogens with one attached hydrogen (secondary N) is 2. The molecule has 6 aromatic carbocycles. The van der Waals surface area contributed by atoms with E-state index in [4.69, 9.17) is 9.47 Å². The van der Waals surface area contributed by atoms with Crippen molar-refractivity contribution in [2.24, 2.45) is 10.2 Å². The summed E-state index contributed by atoms with van der Waals surface area (Å²) in [5.41, 5.74) is 9.16. The number of nitrogens with zero attached hydrogens (tertiary/aromatic N) is 2. The molecule has 2 N–H and O–H groups in total. The van der Waals surface area contributed by atoms with Crippen LogP contribution >= 0.6 is 0 Å². The second-order valence-corrected chi connectivity index (χ2v) is 11.6. The van der Waals surface area contributed by atoms with Gasteiger partial charge in [-0.1, -0.05) is 84.9 Å². The second-order valence-electron chi connectivity index (χ2n) is 11.6. The SMILES string of the molecule is O=C(N/N=C\c1cc(Cc2ccc(OC(=O)c3ccccc3)c(/C=N\NC(=O)c3ccccc3)c2)ccc1OC(=O)c1ccccc1)c1ccccc1. The number of benzene rings is 6. The number of hydrogen-bond acceptors (Lipinski definition) is 8. The van der Waals surface area contributed by atoms with E-state index in [1.807, 2.05) is 24.3 Å². The van der Waals surface area contributed by atoms with Crippen molar-refractivity contribution in [2.75, 3.05) is 0 Å². The fourth-order valence-electron chi connectivity index (χ4n) is 5.13. The van der Waals surface area contributed by atoms with Crippen molar-refractivity contribution in [2.45, 2.75) is 6.42 Å². The van der Waals surface area contributed by atoms with E-state index in [0.29, 0.717) is 39.8 Å². The van der Waals surface area contributed by atoms with Crippen LogP contribution in [0.15, 0.2) is 168 Å². The Labute approximate surface area is 305 Å². The molecule has 6 aromatic rings. The van der Waals surface area contributed by atoms with E-state index in [1.165, 1.54) is 12.4 Å². The highest BCUT2D eigenvalue weighted by molar-refractivity contribution is 5.97. The van der Waals surface area contributed by atoms with Crippen molar-refractivity contribution >= 4 is 36.2 Å². The van der Waals surface area contributed by atoms with E-state index < -0.39 is 23.8 Å². The lowest BCUT2D eigenvalue weighted by molar-refractivity contribution is 0.0725. The summed E-state index contributed by atoms with van der Waals surface area (Å²) in [4.78, 5) is 51.1. The summed E-state index contributed by atoms with van der Waals surface area (Å²) >= 11 is 0. The first-order valence-corrected chi connectivity index (χ1v) is 16.5. The molecule has 10 nitrogen and oxygen atoms in total. The summed E-state index contributed by atoms with van der Waals surface area (Å²) in [6, 6.07) is 45.0. The van der Waals surface area contributed by atoms with Gasteiger partial charge in [0, 0.05) is 22.3 Å². The van der Waals surface area contributed by atoms with Crippen LogP contribution in [0.3, 0.4) is 0 Å². The van der Waals surface area contributed by atoms with Gasteiger partial charge in [-0.15, -0.1) is 0 Å². The molecule has 0 spiro atoms. The van der Waals surface area contributed by atoms with Crippen LogP contribution < -0.4 is 20.3 Å². The molecular formula is C43H32N4O6. The summed E-state index contributed by atoms with van der Waals surface area (Å²) in [7, 11) is 0. The zero-order chi connectivity index (χ0) is 36.8. The first kappa shape index (κ1) is 35.4. The van der Waals surface area contributed by atoms with E-state index in [2.05, 4.69) is 21.1 Å². The van der Waals surface area contributed by atoms with Gasteiger partial charge in [0.1, 0.15) is 11.5 Å². The number of esters is 2. The van der Waals surface area contributed by atoms with Crippen molar-refractivity contribution in [1.29, 1.82) is 0 Å². The van der Waals surface area contributed by atoms with Crippen molar-refractivity contribution < 1.29 is 28.7 Å². The molecule has 0 aliphatic rings. The van der Waals surface area contributed by atoms with Crippen LogP contribution in [0.1, 0.15) is 63.7 Å². The lowest BCUT2D eigenvalue weighted by Crippen LogP contribution is -2.17. The topological polar surface area (TPSA) is 136 Å². The maximum absolute atomic E-state index is 12.9. The van der Waals surface area contributed by atoms with Gasteiger partial charge in [-0.25, -0.2) is 20.4 Å². The molecule has 0 atom stereocenters. The third-order valence-corrected chi connectivity index (χ3v) is 7.79. The van der Waals surface area contributed by atoms with Crippen LogP contribution in [0, 0.1) is 0 Å². The van der Waals surface area contributed by atoms with E-state index in [0.717, 1.165) is 11.1 Å². The van der Waals surface area contributed by atoms with Gasteiger partial charge in [0.15, 0.2) is 0 Å². The van der Waals surface area contributed by atoms with E-state index >= 15 is 0 Å². The van der Waals surface area contributed by atoms with Gasteiger partial charge in [0.2, 0.25) is 0 Å². The first-order valence-electron chi connectivity index (χ1n) is 16.5. The number of rotatable bonds is 12. The van der Waals surface area contributed by atoms with Crippen LogP contribution in [-0.4, -0.2) is 36.2 Å². The number of hydrogen-bond donors (Lipinski definition) is 2. The van der Waals surface area contributed by atoms with Gasteiger partial charge in [-0.2, -0.15) is 10.2 Å². The molecule has 0 aromatic heterocycles. The molecule has 6 rings (SSSR count). The Balaban J connectivity index is 1.26. The number of carbonyl (C=O) groups is 4. The third kappa shape index (κ3) is 9.83. The van der Waals surface area contributed by atoms with Crippen molar-refractivity contribution in [1.82, 2.24) is 10.9 Å². The van der Waals surface area contributed by atoms with Crippen LogP contribution in [0.2, 0.25) is 0 Å². The molecule has 2 amide bonds. The molecule has 0 fully saturated rings. The normalized spacial score (nSPS) is 10.9. The molecule has 0 bridgehead atoms. The Hall–Kier alpha value is -7.46. The third-order valence-electron chi connectivity index (χ3n) is 7.79. The van der Waals surface area contributed by atoms with Crippen LogP contribution in [0.4, 0.5) is 0 Å². The Morgan fingerprint density at radius 1 is 0.453 bits per heavy atom. The van der Waals surface area contributed by atoms with Crippen LogP contribution in [0.5, 0.6) is 11.5 Å². The maximum Gasteiger partial charge on any atom is 0.343 e. The Morgan fingerprint density at radius 2 is 0.792 bits per heavy atom. The molecule has 0 unspecified atom stereocenters. The summed E-state index contributed by atoms with van der Waals surface area (Å²) in [6.45, 7) is 0. The van der Waals surface area contributed by atoms with Gasteiger partial charge in [0.25, 0.3) is 11.8 Å². The average Bonchev–Trinajstić information content (AvgIpc) is 3.20. The molecule has 53 heavy (non-hydrogen) atoms. The smallest absolute Gasteiger partial charge is 0.343 e. The Morgan fingerprint density at radius 3 is 1.15 bits per heavy atom. The maximum atomic E-state index is 12.9. The fourth-order valence-corrected chi connectivity index (χ4v) is 5.13. The summed E-state index contributed by atoms with van der Waals surface area (Å²) in [5.74, 6) is -1.42. The molecule has 0 aliphatic carbocycles. The quantitative estimate of drug-likeness (QED) is 0.0598. The monoisotopic (exact) mass is 700 g/mol. The lowest BCUT2D eigenvalue weighted by atomic mass is 10.0. The van der Waals surface area contributed by atoms with Crippen molar-refractivity contribution in [3.8, 4) is 11.5 Å². The molecule has 10 heteroatoms. The summed E-state index contributed by atoms with van der Waals surface area (Å²) in [6.07, 6.45) is 3.23. The van der Waals surface area contributed by atoms with Gasteiger partial charge in [-0.05, 0) is 90.3 Å². The zero-order valence-corrected chi connectivity index (χ0v) is 28.2. The minimum Gasteiger partial charge on any atom is -0.422 e. The van der Waals surface area contributed by atoms with Gasteiger partial charge >= 0.3 is 11.9 Å². The molecule has 0 saturated carbocycles. The molecule has 260 valence electrons. The second kappa shape index (κ2) is 17.5. The standard InChI is InChI=1S/C43H32N4O6/c48-40(32-13-5-1-6-14-32)46-44-28-36-26-30(21-23-38(36)52-42(50)34-17-9-3-10-18-34)25-31-22-24-39(53-43(51)35-19-11-4-12-20-35)37(27-31)29-45-47-41(49)33-15-7-2-8-16-33/h1-24,26-29H,25H2,(H,46,48)(H,47,49)/b44-28-,45-29-. The minimum absolute atomic E-state index is 0.241. The number of ether oxygens (including phenoxy) is 2. The predicted octanol–water partition coefficient (Wildman–Crippen LogP) is 7.24. The van der Waals surface area contributed by atoms with Crippen LogP contribution in [0.25, 0.3) is 0 Å². The largest absolute Gasteiger partial charge is 0.422 e. The van der Waals surface area contributed by atoms with E-state index in [1.54, 1.807) is 133 Å². The molecule has 0 radical (unpaired) electrons. The average molecular weight is 701 g/mol. The molecule has 0 saturated heterocycles.